The summed E-state index contributed by atoms with van der Waals surface area (Å²) in [5.74, 6) is 0.759. The van der Waals surface area contributed by atoms with Crippen molar-refractivity contribution in [2.24, 2.45) is 5.92 Å². The predicted octanol–water partition coefficient (Wildman–Crippen LogP) is 12.9. The van der Waals surface area contributed by atoms with Gasteiger partial charge in [-0.25, -0.2) is 0 Å². The minimum atomic E-state index is 0.0720. The van der Waals surface area contributed by atoms with E-state index >= 15 is 0 Å². The lowest BCUT2D eigenvalue weighted by Crippen LogP contribution is -2.30. The van der Waals surface area contributed by atoms with Crippen LogP contribution in [0.1, 0.15) is 80.2 Å². The van der Waals surface area contributed by atoms with Gasteiger partial charge in [0.25, 0.3) is 0 Å². The molecule has 51 heavy (non-hydrogen) atoms. The summed E-state index contributed by atoms with van der Waals surface area (Å²) in [6, 6.07) is 50.3. The second-order valence-electron chi connectivity index (χ2n) is 14.4. The van der Waals surface area contributed by atoms with Gasteiger partial charge in [0.1, 0.15) is 0 Å². The molecule has 2 unspecified atom stereocenters. The summed E-state index contributed by atoms with van der Waals surface area (Å²) < 4.78 is 0. The minimum Gasteiger partial charge on any atom is -0.382 e. The van der Waals surface area contributed by atoms with Crippen molar-refractivity contribution in [3.05, 3.63) is 161 Å². The Morgan fingerprint density at radius 1 is 0.569 bits per heavy atom. The molecule has 1 aliphatic rings. The van der Waals surface area contributed by atoms with Crippen LogP contribution in [0, 0.1) is 19.8 Å². The molecule has 260 valence electrons. The van der Waals surface area contributed by atoms with E-state index in [0.717, 1.165) is 13.1 Å². The van der Waals surface area contributed by atoms with Gasteiger partial charge in [0, 0.05) is 58.9 Å². The monoisotopic (exact) mass is 671 g/mol. The van der Waals surface area contributed by atoms with Crippen molar-refractivity contribution in [3.63, 3.8) is 0 Å². The lowest BCUT2D eigenvalue weighted by atomic mass is 9.82. The van der Waals surface area contributed by atoms with Crippen LogP contribution in [0.5, 0.6) is 0 Å². The lowest BCUT2D eigenvalue weighted by molar-refractivity contribution is 0.350. The van der Waals surface area contributed by atoms with Gasteiger partial charge in [0.05, 0.1) is 0 Å². The zero-order valence-corrected chi connectivity index (χ0v) is 31.1. The van der Waals surface area contributed by atoms with Gasteiger partial charge in [0.15, 0.2) is 0 Å². The predicted molar refractivity (Wildman–Crippen MR) is 221 cm³/mol. The Morgan fingerprint density at radius 3 is 1.57 bits per heavy atom. The Bertz CT molecular complexity index is 1970. The van der Waals surface area contributed by atoms with Crippen LogP contribution in [0.25, 0.3) is 10.8 Å². The van der Waals surface area contributed by atoms with Crippen LogP contribution < -0.4 is 15.1 Å². The van der Waals surface area contributed by atoms with Gasteiger partial charge in [-0.05, 0) is 122 Å². The van der Waals surface area contributed by atoms with E-state index < -0.39 is 0 Å². The highest BCUT2D eigenvalue weighted by Crippen LogP contribution is 2.41. The zero-order valence-electron chi connectivity index (χ0n) is 31.1. The maximum absolute atomic E-state index is 4.00. The molecule has 0 aromatic heterocycles. The van der Waals surface area contributed by atoms with Crippen LogP contribution in [-0.4, -0.2) is 19.1 Å². The summed E-state index contributed by atoms with van der Waals surface area (Å²) in [5, 5.41) is 6.62. The summed E-state index contributed by atoms with van der Waals surface area (Å²) in [4.78, 5) is 4.83. The molecule has 2 atom stereocenters. The standard InChI is InChI=1S/C48H53N3/c1-6-50(46-22-14-9-17-35(46)4)39-28-24-37(25-29-39)48(38-26-30-40(31-27-38)51(7-2)47-23-15-10-18-36(47)5)43-32-33-45(42-20-12-11-19-41(42)43)49-44-21-13-8-16-34(44)3/h9-12,14-15,17-20,22-34,44,48-49H,6-8,13,16,21H2,1-5H3. The number of nitrogens with one attached hydrogen (secondary N) is 1. The van der Waals surface area contributed by atoms with Crippen LogP contribution in [0.2, 0.25) is 0 Å². The van der Waals surface area contributed by atoms with E-state index in [1.807, 2.05) is 0 Å². The zero-order chi connectivity index (χ0) is 35.3. The van der Waals surface area contributed by atoms with Crippen molar-refractivity contribution in [1.29, 1.82) is 0 Å². The van der Waals surface area contributed by atoms with E-state index in [9.17, 15) is 0 Å². The summed E-state index contributed by atoms with van der Waals surface area (Å²) in [7, 11) is 0. The number of benzene rings is 6. The molecule has 3 heteroatoms. The van der Waals surface area contributed by atoms with Crippen LogP contribution in [-0.2, 0) is 0 Å². The van der Waals surface area contributed by atoms with Gasteiger partial charge < -0.3 is 15.1 Å². The van der Waals surface area contributed by atoms with E-state index in [4.69, 9.17) is 0 Å². The second kappa shape index (κ2) is 15.5. The molecule has 6 aromatic carbocycles. The average Bonchev–Trinajstić information content (AvgIpc) is 3.16. The fourth-order valence-electron chi connectivity index (χ4n) is 8.39. The Balaban J connectivity index is 1.31. The Morgan fingerprint density at radius 2 is 1.06 bits per heavy atom. The first-order chi connectivity index (χ1) is 25.0. The van der Waals surface area contributed by atoms with Crippen LogP contribution >= 0.6 is 0 Å². The highest BCUT2D eigenvalue weighted by atomic mass is 15.1. The number of rotatable bonds is 11. The van der Waals surface area contributed by atoms with Crippen molar-refractivity contribution >= 4 is 39.2 Å². The van der Waals surface area contributed by atoms with Crippen LogP contribution in [0.4, 0.5) is 28.4 Å². The van der Waals surface area contributed by atoms with E-state index in [1.54, 1.807) is 0 Å². The van der Waals surface area contributed by atoms with Crippen molar-refractivity contribution in [3.8, 4) is 0 Å². The number of fused-ring (bicyclic) bond motifs is 1. The molecule has 0 bridgehead atoms. The molecule has 0 spiro atoms. The number of anilines is 5. The summed E-state index contributed by atoms with van der Waals surface area (Å²) in [6.45, 7) is 13.1. The van der Waals surface area contributed by atoms with Crippen molar-refractivity contribution in [2.75, 3.05) is 28.2 Å². The number of nitrogens with zero attached hydrogens (tertiary/aromatic N) is 2. The van der Waals surface area contributed by atoms with Crippen molar-refractivity contribution < 1.29 is 0 Å². The SMILES string of the molecule is CCN(c1ccc(C(c2ccc(N(CC)c3ccccc3C)cc2)c2ccc(NC3CCCCC3C)c3ccccc23)cc1)c1ccccc1C. The van der Waals surface area contributed by atoms with Gasteiger partial charge in [-0.2, -0.15) is 0 Å². The fraction of sp³-hybridized carbons (Fsp3) is 0.292. The number of aryl methyl sites for hydroxylation is 2. The molecule has 0 saturated heterocycles. The van der Waals surface area contributed by atoms with Crippen molar-refractivity contribution in [2.45, 2.75) is 72.3 Å². The third-order valence-electron chi connectivity index (χ3n) is 11.2. The molecule has 0 radical (unpaired) electrons. The van der Waals surface area contributed by atoms with Gasteiger partial charge in [0.2, 0.25) is 0 Å². The molecule has 1 fully saturated rings. The molecule has 1 saturated carbocycles. The first-order valence-corrected chi connectivity index (χ1v) is 19.1. The fourth-order valence-corrected chi connectivity index (χ4v) is 8.39. The smallest absolute Gasteiger partial charge is 0.0440 e. The quantitative estimate of drug-likeness (QED) is 0.138. The number of hydrogen-bond donors (Lipinski definition) is 1. The van der Waals surface area contributed by atoms with Crippen LogP contribution in [0.3, 0.4) is 0 Å². The lowest BCUT2D eigenvalue weighted by Gasteiger charge is -2.31. The Hall–Kier alpha value is -5.02. The Labute approximate surface area is 306 Å². The third kappa shape index (κ3) is 7.13. The number of hydrogen-bond acceptors (Lipinski definition) is 3. The molecule has 1 aliphatic carbocycles. The summed E-state index contributed by atoms with van der Waals surface area (Å²) in [5.41, 5.74) is 12.7. The first-order valence-electron chi connectivity index (χ1n) is 19.1. The second-order valence-corrected chi connectivity index (χ2v) is 14.4. The molecule has 0 amide bonds. The highest BCUT2D eigenvalue weighted by molar-refractivity contribution is 5.97. The highest BCUT2D eigenvalue weighted by Gasteiger charge is 2.24. The third-order valence-corrected chi connectivity index (χ3v) is 11.2. The first kappa shape index (κ1) is 34.4. The molecular weight excluding hydrogens is 619 g/mol. The van der Waals surface area contributed by atoms with E-state index in [-0.39, 0.29) is 5.92 Å². The molecular formula is C48H53N3. The number of para-hydroxylation sites is 2. The summed E-state index contributed by atoms with van der Waals surface area (Å²) in [6.07, 6.45) is 5.21. The topological polar surface area (TPSA) is 18.5 Å². The largest absolute Gasteiger partial charge is 0.382 e. The normalized spacial score (nSPS) is 16.0. The molecule has 7 rings (SSSR count). The van der Waals surface area contributed by atoms with Gasteiger partial charge >= 0.3 is 0 Å². The van der Waals surface area contributed by atoms with Crippen LogP contribution in [0.15, 0.2) is 133 Å². The van der Waals surface area contributed by atoms with E-state index in [2.05, 4.69) is 183 Å². The summed E-state index contributed by atoms with van der Waals surface area (Å²) >= 11 is 0. The minimum absolute atomic E-state index is 0.0720. The van der Waals surface area contributed by atoms with E-state index in [0.29, 0.717) is 12.0 Å². The molecule has 6 aromatic rings. The van der Waals surface area contributed by atoms with Gasteiger partial charge in [-0.3, -0.25) is 0 Å². The maximum atomic E-state index is 4.00. The van der Waals surface area contributed by atoms with Gasteiger partial charge in [-0.1, -0.05) is 111 Å². The van der Waals surface area contributed by atoms with Gasteiger partial charge in [-0.15, -0.1) is 0 Å². The van der Waals surface area contributed by atoms with E-state index in [1.165, 1.54) is 92.7 Å². The maximum Gasteiger partial charge on any atom is 0.0440 e. The van der Waals surface area contributed by atoms with Crippen molar-refractivity contribution in [1.82, 2.24) is 0 Å². The molecule has 0 aliphatic heterocycles. The molecule has 0 heterocycles. The molecule has 3 nitrogen and oxygen atoms in total. The average molecular weight is 672 g/mol. The Kier molecular flexibility index (Phi) is 10.4. The molecule has 1 N–H and O–H groups in total.